The molecule has 10 heteroatoms. The molecule has 0 aliphatic carbocycles. The van der Waals surface area contributed by atoms with Crippen LogP contribution in [0, 0.1) is 6.92 Å². The number of carbonyl (C=O) groups is 1. The number of hydrogen-bond acceptors (Lipinski definition) is 9. The fourth-order valence-corrected chi connectivity index (χ4v) is 2.91. The van der Waals surface area contributed by atoms with E-state index in [1.165, 1.54) is 0 Å². The number of aryl methyl sites for hydroxylation is 1. The van der Waals surface area contributed by atoms with Gasteiger partial charge in [-0.05, 0) is 44.2 Å². The standard InChI is InChI=1S/C20H22N6O4/c1-4-28-20-24-18(21-10-14-7-5-12(2)30-14)23-19(25-20)22-13-6-8-16-15(9-13)26(3)17(27)11-29-16/h5-9H,4,10-11H2,1-3H3,(H2,21,22,23,24,25). The first-order valence-corrected chi connectivity index (χ1v) is 9.50. The van der Waals surface area contributed by atoms with Crippen LogP contribution in [0.25, 0.3) is 0 Å². The average Bonchev–Trinajstić information content (AvgIpc) is 3.15. The molecule has 0 radical (unpaired) electrons. The smallest absolute Gasteiger partial charge is 0.323 e. The molecule has 10 nitrogen and oxygen atoms in total. The summed E-state index contributed by atoms with van der Waals surface area (Å²) in [7, 11) is 1.71. The highest BCUT2D eigenvalue weighted by Gasteiger charge is 2.22. The first-order valence-electron chi connectivity index (χ1n) is 9.50. The van der Waals surface area contributed by atoms with E-state index in [-0.39, 0.29) is 18.5 Å². The molecule has 3 aromatic rings. The van der Waals surface area contributed by atoms with Gasteiger partial charge in [0, 0.05) is 12.7 Å². The monoisotopic (exact) mass is 410 g/mol. The van der Waals surface area contributed by atoms with E-state index in [4.69, 9.17) is 13.9 Å². The molecule has 0 spiro atoms. The molecule has 1 aromatic carbocycles. The number of anilines is 4. The number of rotatable bonds is 7. The molecule has 2 aromatic heterocycles. The second-order valence-electron chi connectivity index (χ2n) is 6.61. The zero-order chi connectivity index (χ0) is 21.1. The first kappa shape index (κ1) is 19.5. The van der Waals surface area contributed by atoms with Crippen LogP contribution in [0.2, 0.25) is 0 Å². The van der Waals surface area contributed by atoms with Crippen LogP contribution in [0.4, 0.5) is 23.3 Å². The van der Waals surface area contributed by atoms with Crippen molar-refractivity contribution in [2.45, 2.75) is 20.4 Å². The minimum atomic E-state index is -0.113. The van der Waals surface area contributed by atoms with Crippen molar-refractivity contribution in [3.63, 3.8) is 0 Å². The number of benzene rings is 1. The third kappa shape index (κ3) is 4.27. The number of fused-ring (bicyclic) bond motifs is 1. The summed E-state index contributed by atoms with van der Waals surface area (Å²) in [5.74, 6) is 2.78. The van der Waals surface area contributed by atoms with Crippen LogP contribution < -0.4 is 25.0 Å². The summed E-state index contributed by atoms with van der Waals surface area (Å²) in [4.78, 5) is 26.4. The quantitative estimate of drug-likeness (QED) is 0.607. The van der Waals surface area contributed by atoms with Crippen molar-refractivity contribution in [2.24, 2.45) is 0 Å². The molecule has 3 heterocycles. The van der Waals surface area contributed by atoms with Crippen molar-refractivity contribution in [1.29, 1.82) is 0 Å². The Bertz CT molecular complexity index is 1070. The predicted octanol–water partition coefficient (Wildman–Crippen LogP) is 2.88. The maximum Gasteiger partial charge on any atom is 0.323 e. The molecule has 0 atom stereocenters. The number of ether oxygens (including phenoxy) is 2. The Hall–Kier alpha value is -3.82. The predicted molar refractivity (Wildman–Crippen MR) is 110 cm³/mol. The molecule has 156 valence electrons. The van der Waals surface area contributed by atoms with Gasteiger partial charge in [0.2, 0.25) is 11.9 Å². The number of hydrogen-bond donors (Lipinski definition) is 2. The molecule has 0 saturated carbocycles. The Morgan fingerprint density at radius 1 is 1.17 bits per heavy atom. The van der Waals surface area contributed by atoms with Gasteiger partial charge in [0.1, 0.15) is 17.3 Å². The number of nitrogens with one attached hydrogen (secondary N) is 2. The molecule has 0 unspecified atom stereocenters. The van der Waals surface area contributed by atoms with Crippen molar-refractivity contribution in [3.8, 4) is 11.8 Å². The van der Waals surface area contributed by atoms with Gasteiger partial charge in [-0.1, -0.05) is 0 Å². The van der Waals surface area contributed by atoms with Crippen molar-refractivity contribution >= 4 is 29.2 Å². The molecule has 0 saturated heterocycles. The number of aromatic nitrogens is 3. The van der Waals surface area contributed by atoms with Gasteiger partial charge >= 0.3 is 6.01 Å². The molecular weight excluding hydrogens is 388 g/mol. The van der Waals surface area contributed by atoms with Crippen LogP contribution in [0.3, 0.4) is 0 Å². The summed E-state index contributed by atoms with van der Waals surface area (Å²) in [5.41, 5.74) is 1.36. The number of nitrogens with zero attached hydrogens (tertiary/aromatic N) is 4. The second kappa shape index (κ2) is 8.27. The SMILES string of the molecule is CCOc1nc(NCc2ccc(C)o2)nc(Nc2ccc3c(c2)N(C)C(=O)CO3)n1. The summed E-state index contributed by atoms with van der Waals surface area (Å²) < 4.78 is 16.5. The van der Waals surface area contributed by atoms with Gasteiger partial charge in [-0.3, -0.25) is 4.79 Å². The maximum absolute atomic E-state index is 11.9. The van der Waals surface area contributed by atoms with Crippen molar-refractivity contribution in [2.75, 3.05) is 35.8 Å². The Balaban J connectivity index is 1.55. The van der Waals surface area contributed by atoms with Gasteiger partial charge in [0.05, 0.1) is 18.8 Å². The van der Waals surface area contributed by atoms with Gasteiger partial charge < -0.3 is 29.4 Å². The number of likely N-dealkylation sites (N-methyl/N-ethyl adjacent to an activating group) is 1. The molecule has 0 fully saturated rings. The van der Waals surface area contributed by atoms with Crippen molar-refractivity contribution < 1.29 is 18.7 Å². The normalized spacial score (nSPS) is 12.9. The molecule has 0 bridgehead atoms. The van der Waals surface area contributed by atoms with Gasteiger partial charge in [-0.25, -0.2) is 0 Å². The van der Waals surface area contributed by atoms with E-state index in [0.717, 1.165) is 11.5 Å². The van der Waals surface area contributed by atoms with E-state index in [2.05, 4.69) is 25.6 Å². The van der Waals surface area contributed by atoms with E-state index >= 15 is 0 Å². The summed E-state index contributed by atoms with van der Waals surface area (Å²) >= 11 is 0. The lowest BCUT2D eigenvalue weighted by molar-refractivity contribution is -0.120. The fraction of sp³-hybridized carbons (Fsp3) is 0.300. The lowest BCUT2D eigenvalue weighted by Gasteiger charge is -2.26. The average molecular weight is 410 g/mol. The van der Waals surface area contributed by atoms with Crippen molar-refractivity contribution in [3.05, 3.63) is 41.9 Å². The zero-order valence-electron chi connectivity index (χ0n) is 16.9. The molecule has 2 N–H and O–H groups in total. The third-order valence-corrected chi connectivity index (χ3v) is 4.41. The largest absolute Gasteiger partial charge is 0.482 e. The molecule has 30 heavy (non-hydrogen) atoms. The Morgan fingerprint density at radius 2 is 2.00 bits per heavy atom. The Kier molecular flexibility index (Phi) is 5.38. The summed E-state index contributed by atoms with van der Waals surface area (Å²) in [6.45, 7) is 4.61. The summed E-state index contributed by atoms with van der Waals surface area (Å²) in [5, 5.41) is 6.24. The fourth-order valence-electron chi connectivity index (χ4n) is 2.91. The number of furan rings is 1. The topological polar surface area (TPSA) is 115 Å². The van der Waals surface area contributed by atoms with Crippen LogP contribution in [0.5, 0.6) is 11.8 Å². The molecular formula is C20H22N6O4. The van der Waals surface area contributed by atoms with Crippen molar-refractivity contribution in [1.82, 2.24) is 15.0 Å². The van der Waals surface area contributed by atoms with Gasteiger partial charge in [0.15, 0.2) is 6.61 Å². The lowest BCUT2D eigenvalue weighted by atomic mass is 10.2. The Labute approximate surface area is 173 Å². The highest BCUT2D eigenvalue weighted by atomic mass is 16.5. The van der Waals surface area contributed by atoms with E-state index in [9.17, 15) is 4.79 Å². The maximum atomic E-state index is 11.9. The summed E-state index contributed by atoms with van der Waals surface area (Å²) in [6, 6.07) is 9.40. The minimum absolute atomic E-state index is 0.0334. The number of carbonyl (C=O) groups excluding carboxylic acids is 1. The van der Waals surface area contributed by atoms with Crippen LogP contribution >= 0.6 is 0 Å². The highest BCUT2D eigenvalue weighted by Crippen LogP contribution is 2.34. The minimum Gasteiger partial charge on any atom is -0.482 e. The summed E-state index contributed by atoms with van der Waals surface area (Å²) in [6.07, 6.45) is 0. The van der Waals surface area contributed by atoms with E-state index in [0.29, 0.717) is 42.2 Å². The Morgan fingerprint density at radius 3 is 2.77 bits per heavy atom. The van der Waals surface area contributed by atoms with Gasteiger partial charge in [-0.15, -0.1) is 0 Å². The molecule has 1 aliphatic rings. The molecule has 1 aliphatic heterocycles. The van der Waals surface area contributed by atoms with Gasteiger partial charge in [-0.2, -0.15) is 15.0 Å². The van der Waals surface area contributed by atoms with Crippen LogP contribution in [-0.2, 0) is 11.3 Å². The third-order valence-electron chi connectivity index (χ3n) is 4.41. The second-order valence-corrected chi connectivity index (χ2v) is 6.61. The molecule has 4 rings (SSSR count). The first-order chi connectivity index (χ1) is 14.5. The van der Waals surface area contributed by atoms with Crippen LogP contribution in [-0.4, -0.2) is 41.1 Å². The lowest BCUT2D eigenvalue weighted by Crippen LogP contribution is -2.35. The number of amides is 1. The zero-order valence-corrected chi connectivity index (χ0v) is 16.9. The van der Waals surface area contributed by atoms with Crippen LogP contribution in [0.15, 0.2) is 34.7 Å². The van der Waals surface area contributed by atoms with Crippen LogP contribution in [0.1, 0.15) is 18.4 Å². The van der Waals surface area contributed by atoms with Gasteiger partial charge in [0.25, 0.3) is 5.91 Å². The van der Waals surface area contributed by atoms with E-state index in [1.807, 2.05) is 32.0 Å². The molecule has 1 amide bonds. The van der Waals surface area contributed by atoms with E-state index in [1.54, 1.807) is 24.1 Å². The highest BCUT2D eigenvalue weighted by molar-refractivity contribution is 5.98. The van der Waals surface area contributed by atoms with E-state index < -0.39 is 0 Å².